The predicted octanol–water partition coefficient (Wildman–Crippen LogP) is 4.71. The summed E-state index contributed by atoms with van der Waals surface area (Å²) < 4.78 is 5.70. The highest BCUT2D eigenvalue weighted by Crippen LogP contribution is 2.50. The molecule has 2 atom stereocenters. The number of hydrogen-bond acceptors (Lipinski definition) is 4. The maximum atomic E-state index is 12.4. The van der Waals surface area contributed by atoms with E-state index in [1.54, 1.807) is 0 Å². The van der Waals surface area contributed by atoms with E-state index in [1.165, 1.54) is 36.1 Å². The van der Waals surface area contributed by atoms with Gasteiger partial charge in [-0.25, -0.2) is 4.79 Å². The van der Waals surface area contributed by atoms with Gasteiger partial charge < -0.3 is 15.0 Å². The van der Waals surface area contributed by atoms with Crippen LogP contribution in [0.25, 0.3) is 0 Å². The van der Waals surface area contributed by atoms with Gasteiger partial charge in [0.05, 0.1) is 6.17 Å². The molecule has 5 rings (SSSR count). The SMILES string of the molecule is C[C@@]12CCNC1N(Cc1ccccc1)c1ccc(OC(=O)NC3CCCCC3)cc12. The molecule has 1 aliphatic carbocycles. The number of anilines is 1. The van der Waals surface area contributed by atoms with Crippen LogP contribution in [0.1, 0.15) is 56.6 Å². The van der Waals surface area contributed by atoms with Crippen molar-refractivity contribution in [3.05, 3.63) is 59.7 Å². The van der Waals surface area contributed by atoms with Crippen LogP contribution in [-0.4, -0.2) is 24.8 Å². The molecule has 2 N–H and O–H groups in total. The molecule has 0 bridgehead atoms. The van der Waals surface area contributed by atoms with E-state index >= 15 is 0 Å². The summed E-state index contributed by atoms with van der Waals surface area (Å²) in [6, 6.07) is 17.0. The lowest BCUT2D eigenvalue weighted by molar-refractivity contribution is 0.192. The van der Waals surface area contributed by atoms with Gasteiger partial charge in [0.25, 0.3) is 0 Å². The topological polar surface area (TPSA) is 53.6 Å². The van der Waals surface area contributed by atoms with E-state index in [2.05, 4.69) is 64.9 Å². The van der Waals surface area contributed by atoms with Crippen LogP contribution in [0.4, 0.5) is 10.5 Å². The maximum absolute atomic E-state index is 12.4. The fourth-order valence-electron chi connectivity index (χ4n) is 5.50. The van der Waals surface area contributed by atoms with Gasteiger partial charge in [0, 0.05) is 23.7 Å². The predicted molar refractivity (Wildman–Crippen MR) is 119 cm³/mol. The van der Waals surface area contributed by atoms with Crippen molar-refractivity contribution >= 4 is 11.8 Å². The molecule has 2 aromatic rings. The van der Waals surface area contributed by atoms with Crippen molar-refractivity contribution in [3.8, 4) is 5.75 Å². The van der Waals surface area contributed by atoms with Crippen LogP contribution < -0.4 is 20.3 Å². The third kappa shape index (κ3) is 3.56. The van der Waals surface area contributed by atoms with Gasteiger partial charge in [0.2, 0.25) is 0 Å². The van der Waals surface area contributed by atoms with Crippen molar-refractivity contribution in [2.75, 3.05) is 11.4 Å². The molecule has 1 amide bonds. The van der Waals surface area contributed by atoms with Crippen molar-refractivity contribution in [3.63, 3.8) is 0 Å². The molecule has 30 heavy (non-hydrogen) atoms. The minimum absolute atomic E-state index is 0.0172. The van der Waals surface area contributed by atoms with Gasteiger partial charge >= 0.3 is 6.09 Å². The van der Waals surface area contributed by atoms with Crippen LogP contribution in [0.3, 0.4) is 0 Å². The van der Waals surface area contributed by atoms with Gasteiger partial charge in [-0.3, -0.25) is 5.32 Å². The maximum Gasteiger partial charge on any atom is 0.412 e. The van der Waals surface area contributed by atoms with Crippen molar-refractivity contribution < 1.29 is 9.53 Å². The van der Waals surface area contributed by atoms with E-state index in [-0.39, 0.29) is 23.7 Å². The quantitative estimate of drug-likeness (QED) is 0.774. The number of nitrogens with zero attached hydrogens (tertiary/aromatic N) is 1. The van der Waals surface area contributed by atoms with Crippen LogP contribution >= 0.6 is 0 Å². The molecular formula is C25H31N3O2. The van der Waals surface area contributed by atoms with E-state index in [9.17, 15) is 4.79 Å². The largest absolute Gasteiger partial charge is 0.412 e. The molecule has 1 saturated heterocycles. The highest BCUT2D eigenvalue weighted by Gasteiger charge is 2.50. The van der Waals surface area contributed by atoms with Crippen LogP contribution in [0.5, 0.6) is 5.75 Å². The lowest BCUT2D eigenvalue weighted by Crippen LogP contribution is -2.46. The smallest absolute Gasteiger partial charge is 0.410 e. The summed E-state index contributed by atoms with van der Waals surface area (Å²) in [5.74, 6) is 0.635. The molecule has 2 fully saturated rings. The van der Waals surface area contributed by atoms with Crippen molar-refractivity contribution in [1.29, 1.82) is 0 Å². The van der Waals surface area contributed by atoms with E-state index in [0.29, 0.717) is 5.75 Å². The zero-order valence-electron chi connectivity index (χ0n) is 17.7. The first-order chi connectivity index (χ1) is 14.6. The molecular weight excluding hydrogens is 374 g/mol. The fraction of sp³-hybridized carbons (Fsp3) is 0.480. The third-order valence-corrected chi connectivity index (χ3v) is 7.12. The number of hydrogen-bond donors (Lipinski definition) is 2. The van der Waals surface area contributed by atoms with Crippen molar-refractivity contribution in [2.24, 2.45) is 0 Å². The van der Waals surface area contributed by atoms with Crippen LogP contribution in [-0.2, 0) is 12.0 Å². The Hall–Kier alpha value is -2.53. The first-order valence-electron chi connectivity index (χ1n) is 11.3. The Labute approximate surface area is 178 Å². The molecule has 158 valence electrons. The Morgan fingerprint density at radius 2 is 1.97 bits per heavy atom. The van der Waals surface area contributed by atoms with E-state index in [4.69, 9.17) is 4.74 Å². The zero-order chi connectivity index (χ0) is 20.6. The molecule has 1 unspecified atom stereocenters. The molecule has 0 aromatic heterocycles. The number of fused-ring (bicyclic) bond motifs is 3. The van der Waals surface area contributed by atoms with Crippen molar-refractivity contribution in [2.45, 2.75) is 69.6 Å². The summed E-state index contributed by atoms with van der Waals surface area (Å²) in [4.78, 5) is 14.9. The summed E-state index contributed by atoms with van der Waals surface area (Å²) in [7, 11) is 0. The summed E-state index contributed by atoms with van der Waals surface area (Å²) in [5.41, 5.74) is 3.83. The molecule has 2 aromatic carbocycles. The summed E-state index contributed by atoms with van der Waals surface area (Å²) in [5, 5.41) is 6.74. The number of benzene rings is 2. The third-order valence-electron chi connectivity index (χ3n) is 7.12. The van der Waals surface area contributed by atoms with Gasteiger partial charge in [-0.1, -0.05) is 56.5 Å². The Morgan fingerprint density at radius 1 is 1.17 bits per heavy atom. The Morgan fingerprint density at radius 3 is 2.77 bits per heavy atom. The van der Waals surface area contributed by atoms with Crippen LogP contribution in [0, 0.1) is 0 Å². The monoisotopic (exact) mass is 405 g/mol. The molecule has 1 saturated carbocycles. The fourth-order valence-corrected chi connectivity index (χ4v) is 5.50. The number of carbonyl (C=O) groups is 1. The Bertz CT molecular complexity index is 910. The minimum Gasteiger partial charge on any atom is -0.410 e. The molecule has 3 aliphatic rings. The van der Waals surface area contributed by atoms with Gasteiger partial charge in [0.1, 0.15) is 5.75 Å². The molecule has 0 radical (unpaired) electrons. The Kier molecular flexibility index (Phi) is 5.15. The first kappa shape index (κ1) is 19.4. The standard InChI is InChI=1S/C25H31N3O2/c1-25-14-15-26-23(25)28(17-18-8-4-2-5-9-18)22-13-12-20(16-21(22)25)30-24(29)27-19-10-6-3-7-11-19/h2,4-5,8-9,12-13,16,19,23,26H,3,6-7,10-11,14-15,17H2,1H3,(H,27,29)/t23?,25-/m0/s1. The number of nitrogens with one attached hydrogen (secondary N) is 2. The van der Waals surface area contributed by atoms with Gasteiger partial charge in [0.15, 0.2) is 0 Å². The summed E-state index contributed by atoms with van der Waals surface area (Å²) in [6.45, 7) is 4.19. The molecule has 5 heteroatoms. The van der Waals surface area contributed by atoms with Crippen LogP contribution in [0.2, 0.25) is 0 Å². The highest BCUT2D eigenvalue weighted by atomic mass is 16.6. The van der Waals surface area contributed by atoms with Crippen LogP contribution in [0.15, 0.2) is 48.5 Å². The minimum atomic E-state index is -0.327. The molecule has 5 nitrogen and oxygen atoms in total. The molecule has 2 heterocycles. The van der Waals surface area contributed by atoms with E-state index < -0.39 is 0 Å². The molecule has 2 aliphatic heterocycles. The first-order valence-corrected chi connectivity index (χ1v) is 11.3. The van der Waals surface area contributed by atoms with E-state index in [1.807, 2.05) is 6.07 Å². The normalized spacial score (nSPS) is 25.6. The average Bonchev–Trinajstić information content (AvgIpc) is 3.24. The number of amides is 1. The number of ether oxygens (including phenoxy) is 1. The van der Waals surface area contributed by atoms with E-state index in [0.717, 1.165) is 32.4 Å². The second kappa shape index (κ2) is 7.95. The second-order valence-corrected chi connectivity index (χ2v) is 9.19. The lowest BCUT2D eigenvalue weighted by atomic mass is 9.81. The summed E-state index contributed by atoms with van der Waals surface area (Å²) >= 11 is 0. The lowest BCUT2D eigenvalue weighted by Gasteiger charge is -2.31. The zero-order valence-corrected chi connectivity index (χ0v) is 17.7. The number of carbonyl (C=O) groups excluding carboxylic acids is 1. The average molecular weight is 406 g/mol. The number of rotatable bonds is 4. The highest BCUT2D eigenvalue weighted by molar-refractivity contribution is 5.73. The summed E-state index contributed by atoms with van der Waals surface area (Å²) in [6.07, 6.45) is 6.77. The Balaban J connectivity index is 1.36. The second-order valence-electron chi connectivity index (χ2n) is 9.19. The van der Waals surface area contributed by atoms with Gasteiger partial charge in [-0.05, 0) is 55.1 Å². The van der Waals surface area contributed by atoms with Crippen molar-refractivity contribution in [1.82, 2.24) is 10.6 Å². The molecule has 0 spiro atoms. The van der Waals surface area contributed by atoms with Gasteiger partial charge in [-0.2, -0.15) is 0 Å². The van der Waals surface area contributed by atoms with Gasteiger partial charge in [-0.15, -0.1) is 0 Å².